The van der Waals surface area contributed by atoms with Crippen molar-refractivity contribution in [3.05, 3.63) is 34.4 Å². The highest BCUT2D eigenvalue weighted by atomic mass is 79.9. The molecule has 1 aliphatic rings. The average molecular weight is 433 g/mol. The van der Waals surface area contributed by atoms with Crippen LogP contribution in [0.3, 0.4) is 0 Å². The van der Waals surface area contributed by atoms with Crippen molar-refractivity contribution in [1.29, 1.82) is 0 Å². The molecule has 0 aliphatic carbocycles. The molecule has 0 unspecified atom stereocenters. The Balaban J connectivity index is 0.00000312. The largest absolute Gasteiger partial charge is 0.507 e. The summed E-state index contributed by atoms with van der Waals surface area (Å²) in [5.74, 6) is -0.457. The van der Waals surface area contributed by atoms with Crippen molar-refractivity contribution in [2.75, 3.05) is 31.5 Å². The van der Waals surface area contributed by atoms with Gasteiger partial charge in [0.25, 0.3) is 0 Å². The van der Waals surface area contributed by atoms with Crippen LogP contribution in [0.1, 0.15) is 23.7 Å². The van der Waals surface area contributed by atoms with Gasteiger partial charge in [-0.1, -0.05) is 0 Å². The molecule has 1 heterocycles. The van der Waals surface area contributed by atoms with Gasteiger partial charge in [0.1, 0.15) is 11.3 Å². The molecule has 2 rings (SSSR count). The number of carbonyl (C=O) groups excluding carboxylic acids is 2. The highest BCUT2D eigenvalue weighted by Crippen LogP contribution is 2.33. The lowest BCUT2D eigenvalue weighted by molar-refractivity contribution is -0.116. The van der Waals surface area contributed by atoms with Gasteiger partial charge in [0.15, 0.2) is 0 Å². The van der Waals surface area contributed by atoms with Crippen LogP contribution in [0, 0.1) is 0 Å². The third-order valence-electron chi connectivity index (χ3n) is 3.63. The highest BCUT2D eigenvalue weighted by molar-refractivity contribution is 8.93. The number of carbonyl (C=O) groups is 2. The first-order chi connectivity index (χ1) is 11.5. The summed E-state index contributed by atoms with van der Waals surface area (Å²) in [7, 11) is 1.23. The van der Waals surface area contributed by atoms with Gasteiger partial charge >= 0.3 is 5.97 Å². The molecule has 7 nitrogen and oxygen atoms in total. The van der Waals surface area contributed by atoms with Gasteiger partial charge in [-0.05, 0) is 19.1 Å². The number of thioether (sulfide) groups is 1. The molecule has 0 spiro atoms. The molecule has 0 atom stereocenters. The van der Waals surface area contributed by atoms with Crippen LogP contribution < -0.4 is 5.32 Å². The number of phenolic OH excluding ortho intramolecular Hbond substituents is 1. The van der Waals surface area contributed by atoms with E-state index in [1.54, 1.807) is 11.8 Å². The van der Waals surface area contributed by atoms with E-state index in [9.17, 15) is 14.7 Å². The van der Waals surface area contributed by atoms with Crippen LogP contribution in [0.15, 0.2) is 28.8 Å². The quantitative estimate of drug-likeness (QED) is 0.593. The van der Waals surface area contributed by atoms with Gasteiger partial charge in [0.2, 0.25) is 5.91 Å². The van der Waals surface area contributed by atoms with Gasteiger partial charge in [0, 0.05) is 35.4 Å². The summed E-state index contributed by atoms with van der Waals surface area (Å²) in [4.78, 5) is 26.6. The topological polar surface area (TPSA) is 99.1 Å². The Labute approximate surface area is 160 Å². The molecule has 0 bridgehead atoms. The minimum Gasteiger partial charge on any atom is -0.507 e. The Bertz CT molecular complexity index is 680. The van der Waals surface area contributed by atoms with Crippen molar-refractivity contribution in [1.82, 2.24) is 4.90 Å². The molecule has 1 aliphatic heterocycles. The number of hydrogen-bond donors (Lipinski definition) is 3. The Morgan fingerprint density at radius 2 is 2.12 bits per heavy atom. The maximum Gasteiger partial charge on any atom is 0.341 e. The lowest BCUT2D eigenvalue weighted by Crippen LogP contribution is -2.30. The van der Waals surface area contributed by atoms with Crippen molar-refractivity contribution >= 4 is 46.3 Å². The third-order valence-corrected chi connectivity index (χ3v) is 4.92. The summed E-state index contributed by atoms with van der Waals surface area (Å²) < 4.78 is 4.55. The second kappa shape index (κ2) is 9.69. The second-order valence-electron chi connectivity index (χ2n) is 5.23. The fourth-order valence-electron chi connectivity index (χ4n) is 2.32. The van der Waals surface area contributed by atoms with Crippen molar-refractivity contribution < 1.29 is 24.5 Å². The smallest absolute Gasteiger partial charge is 0.341 e. The minimum atomic E-state index is -0.642. The van der Waals surface area contributed by atoms with Crippen LogP contribution in [0.5, 0.6) is 5.75 Å². The van der Waals surface area contributed by atoms with E-state index in [1.807, 2.05) is 11.8 Å². The molecule has 0 aromatic heterocycles. The van der Waals surface area contributed by atoms with E-state index in [2.05, 4.69) is 10.1 Å². The summed E-state index contributed by atoms with van der Waals surface area (Å²) in [6.45, 7) is 2.19. The first-order valence-corrected chi connectivity index (χ1v) is 8.34. The zero-order valence-corrected chi connectivity index (χ0v) is 16.5. The second-order valence-corrected chi connectivity index (χ2v) is 6.26. The summed E-state index contributed by atoms with van der Waals surface area (Å²) >= 11 is 1.62. The minimum absolute atomic E-state index is 0. The molecular weight excluding hydrogens is 412 g/mol. The third kappa shape index (κ3) is 5.38. The summed E-state index contributed by atoms with van der Waals surface area (Å²) in [5.41, 5.74) is 1.43. The number of aromatic hydroxyl groups is 1. The van der Waals surface area contributed by atoms with E-state index in [1.165, 1.54) is 25.3 Å². The van der Waals surface area contributed by atoms with Crippen LogP contribution in [-0.2, 0) is 9.53 Å². The fourth-order valence-corrected chi connectivity index (χ4v) is 3.49. The van der Waals surface area contributed by atoms with Gasteiger partial charge in [-0.3, -0.25) is 4.79 Å². The molecule has 0 saturated heterocycles. The summed E-state index contributed by atoms with van der Waals surface area (Å²) in [6.07, 6.45) is 0.595. The molecule has 0 fully saturated rings. The normalized spacial score (nSPS) is 13.5. The van der Waals surface area contributed by atoms with E-state index in [0.29, 0.717) is 18.0 Å². The number of aliphatic hydroxyl groups is 1. The number of phenols is 1. The van der Waals surface area contributed by atoms with Gasteiger partial charge in [-0.2, -0.15) is 0 Å². The predicted molar refractivity (Wildman–Crippen MR) is 102 cm³/mol. The standard InChI is InChI=1S/C16H20N2O5S.BrH/c1-10-14(5-6-19)24-9-18(10)8-15(21)17-11-3-4-12(13(20)7-11)16(22)23-2;/h3-4,7,19-20H,5-6,8-9H2,1-2H3,(H,17,21);1H. The van der Waals surface area contributed by atoms with Crippen molar-refractivity contribution in [2.24, 2.45) is 0 Å². The number of esters is 1. The number of nitrogens with one attached hydrogen (secondary N) is 1. The summed E-state index contributed by atoms with van der Waals surface area (Å²) in [5, 5.41) is 21.5. The number of ether oxygens (including phenoxy) is 1. The molecular formula is C16H21BrN2O5S. The van der Waals surface area contributed by atoms with Crippen molar-refractivity contribution in [2.45, 2.75) is 13.3 Å². The number of anilines is 1. The van der Waals surface area contributed by atoms with E-state index in [4.69, 9.17) is 5.11 Å². The number of nitrogens with zero attached hydrogens (tertiary/aromatic N) is 1. The molecule has 1 aromatic carbocycles. The molecule has 1 amide bonds. The Kier molecular flexibility index (Phi) is 8.27. The Hall–Kier alpha value is -1.71. The van der Waals surface area contributed by atoms with Crippen LogP contribution in [0.25, 0.3) is 0 Å². The molecule has 9 heteroatoms. The zero-order chi connectivity index (χ0) is 17.7. The van der Waals surface area contributed by atoms with E-state index < -0.39 is 5.97 Å². The number of halogens is 1. The molecule has 0 saturated carbocycles. The van der Waals surface area contributed by atoms with Gasteiger partial charge in [-0.15, -0.1) is 28.7 Å². The Morgan fingerprint density at radius 3 is 2.72 bits per heavy atom. The number of hydrogen-bond acceptors (Lipinski definition) is 7. The molecule has 138 valence electrons. The molecule has 1 aromatic rings. The van der Waals surface area contributed by atoms with Gasteiger partial charge in [-0.25, -0.2) is 4.79 Å². The predicted octanol–water partition coefficient (Wildman–Crippen LogP) is 2.32. The van der Waals surface area contributed by atoms with Gasteiger partial charge < -0.3 is 25.2 Å². The Morgan fingerprint density at radius 1 is 1.40 bits per heavy atom. The number of amides is 1. The maximum absolute atomic E-state index is 12.2. The van der Waals surface area contributed by atoms with E-state index >= 15 is 0 Å². The molecule has 0 radical (unpaired) electrons. The van der Waals surface area contributed by atoms with Crippen LogP contribution >= 0.6 is 28.7 Å². The van der Waals surface area contributed by atoms with Crippen molar-refractivity contribution in [3.63, 3.8) is 0 Å². The molecule has 25 heavy (non-hydrogen) atoms. The van der Waals surface area contributed by atoms with Crippen molar-refractivity contribution in [3.8, 4) is 5.75 Å². The fraction of sp³-hybridized carbons (Fsp3) is 0.375. The lowest BCUT2D eigenvalue weighted by atomic mass is 10.2. The van der Waals surface area contributed by atoms with E-state index in [-0.39, 0.29) is 47.4 Å². The van der Waals surface area contributed by atoms with E-state index in [0.717, 1.165) is 10.6 Å². The van der Waals surface area contributed by atoms with Crippen LogP contribution in [0.2, 0.25) is 0 Å². The first-order valence-electron chi connectivity index (χ1n) is 7.35. The number of allylic oxidation sites excluding steroid dienone is 1. The SMILES string of the molecule is Br.COC(=O)c1ccc(NC(=O)CN2CSC(CCO)=C2C)cc1O. The first kappa shape index (κ1) is 21.3. The summed E-state index contributed by atoms with van der Waals surface area (Å²) in [6, 6.07) is 4.23. The van der Waals surface area contributed by atoms with Crippen LogP contribution in [-0.4, -0.2) is 53.1 Å². The monoisotopic (exact) mass is 432 g/mol. The number of aliphatic hydroxyl groups excluding tert-OH is 1. The molecule has 3 N–H and O–H groups in total. The number of benzene rings is 1. The lowest BCUT2D eigenvalue weighted by Gasteiger charge is -2.18. The number of rotatable bonds is 6. The maximum atomic E-state index is 12.2. The average Bonchev–Trinajstić information content (AvgIpc) is 2.88. The van der Waals surface area contributed by atoms with Gasteiger partial charge in [0.05, 0.1) is 19.5 Å². The number of methoxy groups -OCH3 is 1. The highest BCUT2D eigenvalue weighted by Gasteiger charge is 2.21. The van der Waals surface area contributed by atoms with Crippen LogP contribution in [0.4, 0.5) is 5.69 Å². The zero-order valence-electron chi connectivity index (χ0n) is 13.9.